The second kappa shape index (κ2) is 3.24. The molecular formula is C13H9N2. The molecule has 0 saturated carbocycles. The van der Waals surface area contributed by atoms with Crippen molar-refractivity contribution >= 4 is 10.8 Å². The lowest BCUT2D eigenvalue weighted by molar-refractivity contribution is 1.31. The van der Waals surface area contributed by atoms with Gasteiger partial charge in [0.15, 0.2) is 0 Å². The van der Waals surface area contributed by atoms with Crippen molar-refractivity contribution < 1.29 is 0 Å². The summed E-state index contributed by atoms with van der Waals surface area (Å²) in [5, 5.41) is 2.48. The van der Waals surface area contributed by atoms with Crippen molar-refractivity contribution in [3.8, 4) is 11.4 Å². The summed E-state index contributed by atoms with van der Waals surface area (Å²) in [7, 11) is 0. The predicted molar refractivity (Wildman–Crippen MR) is 60.4 cm³/mol. The fraction of sp³-hybridized carbons (Fsp3) is 0. The van der Waals surface area contributed by atoms with Gasteiger partial charge in [-0.15, -0.1) is 0 Å². The molecule has 0 spiro atoms. The Hall–Kier alpha value is -2.09. The zero-order chi connectivity index (χ0) is 10.1. The van der Waals surface area contributed by atoms with E-state index in [9.17, 15) is 0 Å². The van der Waals surface area contributed by atoms with Crippen LogP contribution in [0.15, 0.2) is 48.7 Å². The Bertz CT molecular complexity index is 582. The van der Waals surface area contributed by atoms with E-state index in [1.54, 1.807) is 6.20 Å². The summed E-state index contributed by atoms with van der Waals surface area (Å²) >= 11 is 0. The fourth-order valence-corrected chi connectivity index (χ4v) is 1.71. The average Bonchev–Trinajstić information content (AvgIpc) is 2.82. The van der Waals surface area contributed by atoms with Crippen molar-refractivity contribution in [3.63, 3.8) is 0 Å². The van der Waals surface area contributed by atoms with Gasteiger partial charge in [-0.25, -0.2) is 4.98 Å². The van der Waals surface area contributed by atoms with Crippen LogP contribution in [0.3, 0.4) is 0 Å². The molecule has 1 heterocycles. The minimum Gasteiger partial charge on any atom is -0.344 e. The molecule has 15 heavy (non-hydrogen) atoms. The first kappa shape index (κ1) is 8.24. The first-order valence-corrected chi connectivity index (χ1v) is 4.84. The van der Waals surface area contributed by atoms with Crippen LogP contribution in [0.2, 0.25) is 0 Å². The maximum Gasteiger partial charge on any atom is 0.138 e. The first-order chi connectivity index (χ1) is 7.43. The number of hydrogen-bond acceptors (Lipinski definition) is 1. The molecule has 0 aliphatic heterocycles. The number of aromatic amines is 1. The Labute approximate surface area is 87.6 Å². The minimum atomic E-state index is 0.862. The van der Waals surface area contributed by atoms with Gasteiger partial charge in [-0.2, -0.15) is 0 Å². The summed E-state index contributed by atoms with van der Waals surface area (Å²) < 4.78 is 0. The molecule has 0 saturated heterocycles. The third-order valence-corrected chi connectivity index (χ3v) is 2.47. The van der Waals surface area contributed by atoms with Crippen molar-refractivity contribution in [2.75, 3.05) is 0 Å². The van der Waals surface area contributed by atoms with Crippen molar-refractivity contribution in [2.45, 2.75) is 0 Å². The van der Waals surface area contributed by atoms with Gasteiger partial charge in [-0.3, -0.25) is 0 Å². The van der Waals surface area contributed by atoms with Crippen LogP contribution in [0.1, 0.15) is 0 Å². The Morgan fingerprint density at radius 1 is 1.00 bits per heavy atom. The lowest BCUT2D eigenvalue weighted by Crippen LogP contribution is -1.80. The van der Waals surface area contributed by atoms with E-state index in [1.807, 2.05) is 12.1 Å². The fourth-order valence-electron chi connectivity index (χ4n) is 1.71. The van der Waals surface area contributed by atoms with E-state index in [1.165, 1.54) is 10.8 Å². The molecule has 1 radical (unpaired) electrons. The van der Waals surface area contributed by atoms with Gasteiger partial charge in [0, 0.05) is 11.8 Å². The van der Waals surface area contributed by atoms with Crippen LogP contribution >= 0.6 is 0 Å². The van der Waals surface area contributed by atoms with Crippen LogP contribution in [0.5, 0.6) is 0 Å². The Morgan fingerprint density at radius 3 is 2.67 bits per heavy atom. The third-order valence-electron chi connectivity index (χ3n) is 2.47. The van der Waals surface area contributed by atoms with Gasteiger partial charge in [-0.05, 0) is 16.8 Å². The largest absolute Gasteiger partial charge is 0.344 e. The number of fused-ring (bicyclic) bond motifs is 1. The van der Waals surface area contributed by atoms with E-state index in [2.05, 4.69) is 46.5 Å². The summed E-state index contributed by atoms with van der Waals surface area (Å²) in [6.45, 7) is 0. The lowest BCUT2D eigenvalue weighted by Gasteiger charge is -2.00. The SMILES string of the molecule is [c]1c[nH]c(-c2ccc3ccccc3c2)n1. The first-order valence-electron chi connectivity index (χ1n) is 4.84. The molecule has 71 valence electrons. The number of hydrogen-bond donors (Lipinski definition) is 1. The number of imidazole rings is 1. The molecule has 0 unspecified atom stereocenters. The Morgan fingerprint density at radius 2 is 1.87 bits per heavy atom. The molecule has 2 aromatic carbocycles. The number of rotatable bonds is 1. The molecule has 0 atom stereocenters. The predicted octanol–water partition coefficient (Wildman–Crippen LogP) is 3.03. The summed E-state index contributed by atoms with van der Waals surface area (Å²) in [6.07, 6.45) is 4.48. The molecule has 0 bridgehead atoms. The van der Waals surface area contributed by atoms with Crippen molar-refractivity contribution in [1.29, 1.82) is 0 Å². The Balaban J connectivity index is 2.22. The number of nitrogens with zero attached hydrogens (tertiary/aromatic N) is 1. The summed E-state index contributed by atoms with van der Waals surface area (Å²) in [5.41, 5.74) is 1.09. The van der Waals surface area contributed by atoms with Gasteiger partial charge in [-0.1, -0.05) is 36.4 Å². The molecule has 1 N–H and O–H groups in total. The molecule has 0 aliphatic carbocycles. The highest BCUT2D eigenvalue weighted by atomic mass is 14.9. The smallest absolute Gasteiger partial charge is 0.138 e. The topological polar surface area (TPSA) is 28.7 Å². The molecule has 0 aliphatic rings. The quantitative estimate of drug-likeness (QED) is 0.632. The van der Waals surface area contributed by atoms with Gasteiger partial charge >= 0.3 is 0 Å². The van der Waals surface area contributed by atoms with Crippen LogP contribution in [0, 0.1) is 6.20 Å². The average molecular weight is 193 g/mol. The van der Waals surface area contributed by atoms with Crippen LogP contribution in [0.25, 0.3) is 22.2 Å². The molecule has 2 heteroatoms. The number of H-pyrrole nitrogens is 1. The number of benzene rings is 2. The van der Waals surface area contributed by atoms with Crippen LogP contribution in [0.4, 0.5) is 0 Å². The highest BCUT2D eigenvalue weighted by molar-refractivity contribution is 5.86. The third kappa shape index (κ3) is 1.40. The number of nitrogens with one attached hydrogen (secondary N) is 1. The van der Waals surface area contributed by atoms with Gasteiger partial charge < -0.3 is 4.98 Å². The summed E-state index contributed by atoms with van der Waals surface area (Å²) in [6, 6.07) is 14.6. The summed E-state index contributed by atoms with van der Waals surface area (Å²) in [4.78, 5) is 7.16. The molecule has 0 fully saturated rings. The van der Waals surface area contributed by atoms with Crippen molar-refractivity contribution in [1.82, 2.24) is 9.97 Å². The van der Waals surface area contributed by atoms with Crippen molar-refractivity contribution in [2.24, 2.45) is 0 Å². The standard InChI is InChI=1S/C13H9N2/c1-2-4-11-9-12(6-5-10(11)3-1)13-14-7-8-15-13/h1-7,9H,(H,14,15). The van der Waals surface area contributed by atoms with E-state index in [0.29, 0.717) is 0 Å². The van der Waals surface area contributed by atoms with Crippen LogP contribution < -0.4 is 0 Å². The molecule has 0 amide bonds. The van der Waals surface area contributed by atoms with E-state index in [0.717, 1.165) is 11.4 Å². The number of aromatic nitrogens is 2. The van der Waals surface area contributed by atoms with E-state index < -0.39 is 0 Å². The van der Waals surface area contributed by atoms with Gasteiger partial charge in [0.1, 0.15) is 12.0 Å². The zero-order valence-electron chi connectivity index (χ0n) is 8.07. The second-order valence-corrected chi connectivity index (χ2v) is 3.44. The molecule has 3 aromatic rings. The van der Waals surface area contributed by atoms with Gasteiger partial charge in [0.25, 0.3) is 0 Å². The lowest BCUT2D eigenvalue weighted by atomic mass is 10.1. The summed E-state index contributed by atoms with van der Waals surface area (Å²) in [5.74, 6) is 0.862. The maximum absolute atomic E-state index is 4.11. The molecular weight excluding hydrogens is 184 g/mol. The van der Waals surface area contributed by atoms with Crippen LogP contribution in [-0.4, -0.2) is 9.97 Å². The Kier molecular flexibility index (Phi) is 1.78. The minimum absolute atomic E-state index is 0.862. The second-order valence-electron chi connectivity index (χ2n) is 3.44. The normalized spacial score (nSPS) is 10.7. The van der Waals surface area contributed by atoms with Gasteiger partial charge in [0.05, 0.1) is 0 Å². The van der Waals surface area contributed by atoms with Gasteiger partial charge in [0.2, 0.25) is 0 Å². The maximum atomic E-state index is 4.11. The van der Waals surface area contributed by atoms with E-state index in [-0.39, 0.29) is 0 Å². The van der Waals surface area contributed by atoms with E-state index >= 15 is 0 Å². The van der Waals surface area contributed by atoms with E-state index in [4.69, 9.17) is 0 Å². The molecule has 2 nitrogen and oxygen atoms in total. The highest BCUT2D eigenvalue weighted by Crippen LogP contribution is 2.21. The van der Waals surface area contributed by atoms with Crippen LogP contribution in [-0.2, 0) is 0 Å². The van der Waals surface area contributed by atoms with Crippen molar-refractivity contribution in [3.05, 3.63) is 54.9 Å². The molecule has 1 aromatic heterocycles. The molecule has 3 rings (SSSR count). The zero-order valence-corrected chi connectivity index (χ0v) is 8.07. The monoisotopic (exact) mass is 193 g/mol. The highest BCUT2D eigenvalue weighted by Gasteiger charge is 2.00.